The van der Waals surface area contributed by atoms with E-state index in [1.165, 1.54) is 0 Å². The molecule has 0 bridgehead atoms. The predicted molar refractivity (Wildman–Crippen MR) is 82.3 cm³/mol. The zero-order valence-electron chi connectivity index (χ0n) is 9.23. The monoisotopic (exact) mass is 452 g/mol. The van der Waals surface area contributed by atoms with E-state index < -0.39 is 0 Å². The standard InChI is InChI=1S/C10H18I2N2O2/c11-7-9(15)13-5-3-1-2-4-6-14-10(16)8-12/h1-8H2,(H,13,15)(H,14,16). The zero-order chi connectivity index (χ0) is 12.2. The van der Waals surface area contributed by atoms with Crippen LogP contribution in [0.5, 0.6) is 0 Å². The Morgan fingerprint density at radius 3 is 1.44 bits per heavy atom. The summed E-state index contributed by atoms with van der Waals surface area (Å²) in [7, 11) is 0. The molecule has 0 aromatic carbocycles. The molecule has 16 heavy (non-hydrogen) atoms. The van der Waals surface area contributed by atoms with Crippen LogP contribution in [0.2, 0.25) is 0 Å². The summed E-state index contributed by atoms with van der Waals surface area (Å²) in [6, 6.07) is 0. The highest BCUT2D eigenvalue weighted by atomic mass is 127. The molecule has 0 spiro atoms. The molecule has 0 aliphatic carbocycles. The third-order valence-electron chi connectivity index (χ3n) is 1.99. The fourth-order valence-electron chi connectivity index (χ4n) is 1.15. The van der Waals surface area contributed by atoms with Crippen molar-refractivity contribution in [3.05, 3.63) is 0 Å². The van der Waals surface area contributed by atoms with Crippen molar-refractivity contribution in [2.45, 2.75) is 25.7 Å². The lowest BCUT2D eigenvalue weighted by atomic mass is 10.2. The number of amides is 2. The molecule has 0 radical (unpaired) electrons. The predicted octanol–water partition coefficient (Wildman–Crippen LogP) is 1.65. The lowest BCUT2D eigenvalue weighted by Crippen LogP contribution is -2.25. The molecule has 2 N–H and O–H groups in total. The normalized spacial score (nSPS) is 9.88. The molecule has 6 heteroatoms. The van der Waals surface area contributed by atoms with Crippen LogP contribution in [0.1, 0.15) is 25.7 Å². The van der Waals surface area contributed by atoms with Crippen molar-refractivity contribution in [3.8, 4) is 0 Å². The molecule has 0 aliphatic rings. The molecule has 0 heterocycles. The van der Waals surface area contributed by atoms with E-state index in [0.717, 1.165) is 38.8 Å². The molecule has 94 valence electrons. The number of hydrogen-bond acceptors (Lipinski definition) is 2. The Morgan fingerprint density at radius 1 is 0.750 bits per heavy atom. The van der Waals surface area contributed by atoms with Gasteiger partial charge in [0, 0.05) is 13.1 Å². The summed E-state index contributed by atoms with van der Waals surface area (Å²) in [4.78, 5) is 21.8. The average Bonchev–Trinajstić information content (AvgIpc) is 2.31. The average molecular weight is 452 g/mol. The minimum atomic E-state index is 0.106. The SMILES string of the molecule is O=C(CI)NCCCCCCNC(=O)CI. The lowest BCUT2D eigenvalue weighted by molar-refractivity contribution is -0.119. The Labute approximate surface area is 124 Å². The van der Waals surface area contributed by atoms with Crippen LogP contribution in [0.4, 0.5) is 0 Å². The van der Waals surface area contributed by atoms with Gasteiger partial charge in [0.25, 0.3) is 0 Å². The van der Waals surface area contributed by atoms with Crippen LogP contribution in [0.25, 0.3) is 0 Å². The summed E-state index contributed by atoms with van der Waals surface area (Å²) < 4.78 is 1.06. The summed E-state index contributed by atoms with van der Waals surface area (Å²) >= 11 is 4.10. The first-order valence-corrected chi connectivity index (χ1v) is 8.41. The van der Waals surface area contributed by atoms with Gasteiger partial charge in [-0.25, -0.2) is 0 Å². The summed E-state index contributed by atoms with van der Waals surface area (Å²) in [5.41, 5.74) is 0. The quantitative estimate of drug-likeness (QED) is 0.318. The Morgan fingerprint density at radius 2 is 1.12 bits per heavy atom. The first kappa shape index (κ1) is 16.4. The third-order valence-corrected chi connectivity index (χ3v) is 3.38. The topological polar surface area (TPSA) is 58.2 Å². The third kappa shape index (κ3) is 10.9. The van der Waals surface area contributed by atoms with Gasteiger partial charge >= 0.3 is 0 Å². The Hall–Kier alpha value is 0.400. The molecule has 4 nitrogen and oxygen atoms in total. The number of nitrogens with one attached hydrogen (secondary N) is 2. The van der Waals surface area contributed by atoms with Crippen LogP contribution in [-0.4, -0.2) is 33.8 Å². The van der Waals surface area contributed by atoms with Crippen molar-refractivity contribution in [1.29, 1.82) is 0 Å². The largest absolute Gasteiger partial charge is 0.355 e. The van der Waals surface area contributed by atoms with E-state index in [9.17, 15) is 9.59 Å². The van der Waals surface area contributed by atoms with E-state index in [2.05, 4.69) is 10.6 Å². The van der Waals surface area contributed by atoms with Crippen molar-refractivity contribution in [3.63, 3.8) is 0 Å². The number of carbonyl (C=O) groups excluding carboxylic acids is 2. The van der Waals surface area contributed by atoms with Gasteiger partial charge in [-0.15, -0.1) is 0 Å². The highest BCUT2D eigenvalue weighted by molar-refractivity contribution is 14.1. The molecule has 0 aromatic rings. The highest BCUT2D eigenvalue weighted by Crippen LogP contribution is 1.98. The molecule has 0 aliphatic heterocycles. The maximum Gasteiger partial charge on any atom is 0.229 e. The van der Waals surface area contributed by atoms with Crippen LogP contribution in [-0.2, 0) is 9.59 Å². The number of carbonyl (C=O) groups is 2. The second kappa shape index (κ2) is 11.9. The molecule has 0 fully saturated rings. The van der Waals surface area contributed by atoms with Gasteiger partial charge < -0.3 is 10.6 Å². The van der Waals surface area contributed by atoms with Crippen LogP contribution < -0.4 is 10.6 Å². The summed E-state index contributed by atoms with van der Waals surface area (Å²) in [5.74, 6) is 0.213. The van der Waals surface area contributed by atoms with Gasteiger partial charge in [-0.05, 0) is 12.8 Å². The van der Waals surface area contributed by atoms with Crippen molar-refractivity contribution in [2.75, 3.05) is 21.9 Å². The van der Waals surface area contributed by atoms with E-state index in [0.29, 0.717) is 8.86 Å². The number of rotatable bonds is 9. The molecule has 0 saturated carbocycles. The molecular weight excluding hydrogens is 434 g/mol. The van der Waals surface area contributed by atoms with Crippen molar-refractivity contribution in [2.24, 2.45) is 0 Å². The fraction of sp³-hybridized carbons (Fsp3) is 0.800. The Kier molecular flexibility index (Phi) is 12.2. The summed E-state index contributed by atoms with van der Waals surface area (Å²) in [6.45, 7) is 1.53. The first-order valence-electron chi connectivity index (χ1n) is 5.36. The van der Waals surface area contributed by atoms with Gasteiger partial charge in [-0.1, -0.05) is 58.0 Å². The van der Waals surface area contributed by atoms with Crippen molar-refractivity contribution < 1.29 is 9.59 Å². The molecule has 0 saturated heterocycles. The number of halogens is 2. The molecule has 0 atom stereocenters. The highest BCUT2D eigenvalue weighted by Gasteiger charge is 1.97. The van der Waals surface area contributed by atoms with Gasteiger partial charge in [0.05, 0.1) is 8.86 Å². The first-order chi connectivity index (χ1) is 7.70. The second-order valence-electron chi connectivity index (χ2n) is 3.38. The number of alkyl halides is 2. The smallest absolute Gasteiger partial charge is 0.229 e. The Bertz CT molecular complexity index is 191. The van der Waals surface area contributed by atoms with Crippen LogP contribution in [0.3, 0.4) is 0 Å². The summed E-state index contributed by atoms with van der Waals surface area (Å²) in [6.07, 6.45) is 4.23. The molecule has 0 aromatic heterocycles. The minimum Gasteiger partial charge on any atom is -0.355 e. The van der Waals surface area contributed by atoms with Gasteiger partial charge in [0.15, 0.2) is 0 Å². The molecule has 0 rings (SSSR count). The molecule has 0 unspecified atom stereocenters. The number of unbranched alkanes of at least 4 members (excludes halogenated alkanes) is 3. The van der Waals surface area contributed by atoms with Crippen molar-refractivity contribution >= 4 is 57.0 Å². The van der Waals surface area contributed by atoms with E-state index in [1.807, 2.05) is 45.2 Å². The maximum absolute atomic E-state index is 10.9. The Balaban J connectivity index is 3.10. The van der Waals surface area contributed by atoms with E-state index in [-0.39, 0.29) is 11.8 Å². The summed E-state index contributed by atoms with van der Waals surface area (Å²) in [5, 5.41) is 5.67. The zero-order valence-corrected chi connectivity index (χ0v) is 13.5. The minimum absolute atomic E-state index is 0.106. The van der Waals surface area contributed by atoms with Crippen LogP contribution in [0.15, 0.2) is 0 Å². The van der Waals surface area contributed by atoms with Crippen molar-refractivity contribution in [1.82, 2.24) is 10.6 Å². The van der Waals surface area contributed by atoms with Crippen LogP contribution in [0, 0.1) is 0 Å². The van der Waals surface area contributed by atoms with E-state index in [1.54, 1.807) is 0 Å². The maximum atomic E-state index is 10.9. The number of hydrogen-bond donors (Lipinski definition) is 2. The lowest BCUT2D eigenvalue weighted by Gasteiger charge is -2.04. The second-order valence-corrected chi connectivity index (χ2v) is 4.91. The fourth-order valence-corrected chi connectivity index (χ4v) is 1.69. The van der Waals surface area contributed by atoms with Gasteiger partial charge in [-0.3, -0.25) is 9.59 Å². The molecule has 2 amide bonds. The van der Waals surface area contributed by atoms with Gasteiger partial charge in [0.1, 0.15) is 0 Å². The van der Waals surface area contributed by atoms with Gasteiger partial charge in [0.2, 0.25) is 11.8 Å². The van der Waals surface area contributed by atoms with E-state index >= 15 is 0 Å². The van der Waals surface area contributed by atoms with Gasteiger partial charge in [-0.2, -0.15) is 0 Å². The van der Waals surface area contributed by atoms with E-state index in [4.69, 9.17) is 0 Å². The van der Waals surface area contributed by atoms with Crippen LogP contribution >= 0.6 is 45.2 Å². The molecular formula is C10H18I2N2O2.